The van der Waals surface area contributed by atoms with Crippen molar-refractivity contribution < 1.29 is 13.2 Å². The quantitative estimate of drug-likeness (QED) is 0.666. The number of thiophene rings is 1. The third-order valence-electron chi connectivity index (χ3n) is 6.09. The van der Waals surface area contributed by atoms with Gasteiger partial charge in [-0.1, -0.05) is 12.1 Å². The largest absolute Gasteiger partial charge is 0.433 e. The van der Waals surface area contributed by atoms with E-state index in [9.17, 15) is 13.2 Å². The first-order valence-electron chi connectivity index (χ1n) is 9.83. The molecule has 8 heteroatoms. The van der Waals surface area contributed by atoms with E-state index in [1.165, 1.54) is 16.3 Å². The van der Waals surface area contributed by atoms with Crippen LogP contribution >= 0.6 is 11.3 Å². The van der Waals surface area contributed by atoms with Gasteiger partial charge in [0.15, 0.2) is 0 Å². The molecule has 2 aliphatic rings. The molecule has 2 fully saturated rings. The molecule has 29 heavy (non-hydrogen) atoms. The maximum Gasteiger partial charge on any atom is 0.433 e. The molecular formula is C21H21F3N4S. The number of nitrogens with zero attached hydrogens (tertiary/aromatic N) is 3. The molecule has 4 nitrogen and oxygen atoms in total. The average molecular weight is 418 g/mol. The number of anilines is 1. The van der Waals surface area contributed by atoms with Gasteiger partial charge in [-0.15, -0.1) is 11.3 Å². The van der Waals surface area contributed by atoms with Gasteiger partial charge in [-0.2, -0.15) is 13.2 Å². The topological polar surface area (TPSA) is 41.0 Å². The molecular weight excluding hydrogens is 397 g/mol. The van der Waals surface area contributed by atoms with Gasteiger partial charge in [-0.3, -0.25) is 0 Å². The van der Waals surface area contributed by atoms with Crippen LogP contribution in [0.25, 0.3) is 10.2 Å². The molecule has 5 rings (SSSR count). The fourth-order valence-electron chi connectivity index (χ4n) is 4.71. The maximum atomic E-state index is 13.0. The van der Waals surface area contributed by atoms with Crippen LogP contribution in [0.4, 0.5) is 19.0 Å². The molecule has 1 saturated heterocycles. The summed E-state index contributed by atoms with van der Waals surface area (Å²) in [5, 5.41) is 4.86. The summed E-state index contributed by atoms with van der Waals surface area (Å²) in [4.78, 5) is 12.6. The minimum atomic E-state index is -4.41. The smallest absolute Gasteiger partial charge is 0.356 e. The summed E-state index contributed by atoms with van der Waals surface area (Å²) in [6, 6.07) is 10.7. The summed E-state index contributed by atoms with van der Waals surface area (Å²) in [6.07, 6.45) is -0.380. The van der Waals surface area contributed by atoms with Crippen LogP contribution < -0.4 is 10.2 Å². The van der Waals surface area contributed by atoms with Crippen molar-refractivity contribution in [1.82, 2.24) is 15.3 Å². The third-order valence-corrected chi connectivity index (χ3v) is 7.15. The van der Waals surface area contributed by atoms with Crippen molar-refractivity contribution in [1.29, 1.82) is 0 Å². The minimum absolute atomic E-state index is 0.383. The Bertz CT molecular complexity index is 985. The van der Waals surface area contributed by atoms with Gasteiger partial charge in [0, 0.05) is 42.1 Å². The van der Waals surface area contributed by atoms with Gasteiger partial charge in [-0.05, 0) is 48.9 Å². The van der Waals surface area contributed by atoms with Crippen molar-refractivity contribution in [2.75, 3.05) is 18.0 Å². The lowest BCUT2D eigenvalue weighted by molar-refractivity contribution is -0.141. The lowest BCUT2D eigenvalue weighted by Gasteiger charge is -2.23. The lowest BCUT2D eigenvalue weighted by atomic mass is 9.98. The lowest BCUT2D eigenvalue weighted by Crippen LogP contribution is -2.35. The van der Waals surface area contributed by atoms with E-state index in [4.69, 9.17) is 0 Å². The summed E-state index contributed by atoms with van der Waals surface area (Å²) in [7, 11) is 0. The first-order valence-corrected chi connectivity index (χ1v) is 10.6. The standard InChI is InChI=1S/C21H21F3N4S/c22-21(23,24)18-4-1-5-19(27-18)28-11-14-6-7-17(16(14)12-28)26-10-15-9-13-3-2-8-25-20(13)29-15/h1-5,8-9,14,16-17,26H,6-7,10-12H2/t14-,16+,17+/m1/s1. The predicted molar refractivity (Wildman–Crippen MR) is 108 cm³/mol. The average Bonchev–Trinajstić information content (AvgIpc) is 3.39. The van der Waals surface area contributed by atoms with E-state index in [1.54, 1.807) is 17.4 Å². The fraction of sp³-hybridized carbons (Fsp3) is 0.429. The van der Waals surface area contributed by atoms with Crippen molar-refractivity contribution in [2.45, 2.75) is 31.6 Å². The molecule has 152 valence electrons. The van der Waals surface area contributed by atoms with Crippen molar-refractivity contribution in [2.24, 2.45) is 11.8 Å². The van der Waals surface area contributed by atoms with Crippen molar-refractivity contribution >= 4 is 27.4 Å². The van der Waals surface area contributed by atoms with Crippen molar-refractivity contribution in [3.8, 4) is 0 Å². The van der Waals surface area contributed by atoms with Crippen LogP contribution in [0.2, 0.25) is 0 Å². The van der Waals surface area contributed by atoms with E-state index in [0.29, 0.717) is 23.7 Å². The highest BCUT2D eigenvalue weighted by Crippen LogP contribution is 2.40. The van der Waals surface area contributed by atoms with Crippen LogP contribution in [0.3, 0.4) is 0 Å². The second-order valence-electron chi connectivity index (χ2n) is 7.88. The van der Waals surface area contributed by atoms with Crippen LogP contribution in [-0.4, -0.2) is 29.1 Å². The number of hydrogen-bond acceptors (Lipinski definition) is 5. The van der Waals surface area contributed by atoms with E-state index >= 15 is 0 Å². The molecule has 0 amide bonds. The minimum Gasteiger partial charge on any atom is -0.356 e. The second-order valence-corrected chi connectivity index (χ2v) is 9.00. The normalized spacial score (nSPS) is 24.4. The summed E-state index contributed by atoms with van der Waals surface area (Å²) >= 11 is 1.71. The zero-order chi connectivity index (χ0) is 20.0. The first kappa shape index (κ1) is 18.8. The summed E-state index contributed by atoms with van der Waals surface area (Å²) < 4.78 is 39.0. The Morgan fingerprint density at radius 1 is 1.14 bits per heavy atom. The fourth-order valence-corrected chi connectivity index (χ4v) is 5.66. The molecule has 4 heterocycles. The van der Waals surface area contributed by atoms with Gasteiger partial charge in [0.1, 0.15) is 16.3 Å². The number of nitrogens with one attached hydrogen (secondary N) is 1. The van der Waals surface area contributed by atoms with E-state index < -0.39 is 11.9 Å². The summed E-state index contributed by atoms with van der Waals surface area (Å²) in [6.45, 7) is 2.34. The molecule has 0 radical (unpaired) electrons. The van der Waals surface area contributed by atoms with Crippen LogP contribution in [0.5, 0.6) is 0 Å². The highest BCUT2D eigenvalue weighted by molar-refractivity contribution is 7.18. The molecule has 0 spiro atoms. The Balaban J connectivity index is 1.25. The van der Waals surface area contributed by atoms with Gasteiger partial charge in [0.2, 0.25) is 0 Å². The Hall–Kier alpha value is -2.19. The molecule has 1 N–H and O–H groups in total. The van der Waals surface area contributed by atoms with Crippen LogP contribution in [-0.2, 0) is 12.7 Å². The van der Waals surface area contributed by atoms with Gasteiger partial charge < -0.3 is 10.2 Å². The highest BCUT2D eigenvalue weighted by atomic mass is 32.1. The molecule has 1 aliphatic carbocycles. The summed E-state index contributed by atoms with van der Waals surface area (Å²) in [5.74, 6) is 1.38. The van der Waals surface area contributed by atoms with E-state index in [-0.39, 0.29) is 0 Å². The Labute approximate surface area is 170 Å². The van der Waals surface area contributed by atoms with E-state index in [1.807, 2.05) is 17.2 Å². The van der Waals surface area contributed by atoms with Gasteiger partial charge in [-0.25, -0.2) is 9.97 Å². The Morgan fingerprint density at radius 2 is 2.03 bits per heavy atom. The van der Waals surface area contributed by atoms with Crippen molar-refractivity contribution in [3.63, 3.8) is 0 Å². The number of fused-ring (bicyclic) bond motifs is 2. The molecule has 1 saturated carbocycles. The Kier molecular flexibility index (Phi) is 4.70. The number of halogens is 3. The van der Waals surface area contributed by atoms with E-state index in [2.05, 4.69) is 27.4 Å². The molecule has 3 aromatic heterocycles. The van der Waals surface area contributed by atoms with E-state index in [0.717, 1.165) is 43.4 Å². The molecule has 0 aromatic carbocycles. The van der Waals surface area contributed by atoms with Gasteiger partial charge in [0.25, 0.3) is 0 Å². The molecule has 0 unspecified atom stereocenters. The number of alkyl halides is 3. The number of rotatable bonds is 4. The number of hydrogen-bond donors (Lipinski definition) is 1. The third kappa shape index (κ3) is 3.71. The SMILES string of the molecule is FC(F)(F)c1cccc(N2C[C@H]3CC[C@H](NCc4cc5cccnc5s4)[C@H]3C2)n1. The maximum absolute atomic E-state index is 13.0. The zero-order valence-electron chi connectivity index (χ0n) is 15.7. The Morgan fingerprint density at radius 3 is 2.86 bits per heavy atom. The first-order chi connectivity index (χ1) is 14.0. The van der Waals surface area contributed by atoms with Crippen molar-refractivity contribution in [3.05, 3.63) is 53.2 Å². The highest BCUT2D eigenvalue weighted by Gasteiger charge is 2.43. The predicted octanol–water partition coefficient (Wildman–Crippen LogP) is 4.71. The van der Waals surface area contributed by atoms with Gasteiger partial charge in [0.05, 0.1) is 0 Å². The zero-order valence-corrected chi connectivity index (χ0v) is 16.5. The molecule has 3 atom stereocenters. The molecule has 0 bridgehead atoms. The van der Waals surface area contributed by atoms with Crippen LogP contribution in [0.1, 0.15) is 23.4 Å². The molecule has 1 aliphatic heterocycles. The number of pyridine rings is 2. The summed E-state index contributed by atoms with van der Waals surface area (Å²) in [5.41, 5.74) is -0.819. The van der Waals surface area contributed by atoms with Crippen LogP contribution in [0, 0.1) is 11.8 Å². The number of aromatic nitrogens is 2. The molecule has 3 aromatic rings. The second kappa shape index (κ2) is 7.25. The monoisotopic (exact) mass is 418 g/mol. The van der Waals surface area contributed by atoms with Gasteiger partial charge >= 0.3 is 6.18 Å². The van der Waals surface area contributed by atoms with Crippen LogP contribution in [0.15, 0.2) is 42.6 Å².